The van der Waals surface area contributed by atoms with Gasteiger partial charge in [0, 0.05) is 22.8 Å². The van der Waals surface area contributed by atoms with E-state index in [1.54, 1.807) is 12.3 Å². The third-order valence-electron chi connectivity index (χ3n) is 1.34. The highest BCUT2D eigenvalue weighted by Crippen LogP contribution is 2.22. The van der Waals surface area contributed by atoms with E-state index in [0.29, 0.717) is 10.2 Å². The van der Waals surface area contributed by atoms with E-state index in [1.165, 1.54) is 0 Å². The molecule has 1 rings (SSSR count). The van der Waals surface area contributed by atoms with Crippen LogP contribution in [0.15, 0.2) is 12.3 Å². The number of hydrogen-bond donors (Lipinski definition) is 1. The number of pyridine rings is 1. The van der Waals surface area contributed by atoms with Crippen molar-refractivity contribution in [2.75, 3.05) is 0 Å². The lowest BCUT2D eigenvalue weighted by molar-refractivity contribution is 0.812. The van der Waals surface area contributed by atoms with Gasteiger partial charge in [-0.15, -0.1) is 24.8 Å². The second-order valence-electron chi connectivity index (χ2n) is 2.32. The zero-order valence-electron chi connectivity index (χ0n) is 6.83. The van der Waals surface area contributed by atoms with Gasteiger partial charge in [0.2, 0.25) is 0 Å². The average Bonchev–Trinajstić information content (AvgIpc) is 1.85. The van der Waals surface area contributed by atoms with E-state index in [4.69, 9.17) is 28.9 Å². The molecule has 76 valence electrons. The standard InChI is InChI=1S/C7H8Cl2N2.2ClH/c1-4(10)5-3-11-7(9)2-6(5)8;;/h2-4H,10H2,1H3;2*1H. The summed E-state index contributed by atoms with van der Waals surface area (Å²) in [5, 5.41) is 0.958. The lowest BCUT2D eigenvalue weighted by atomic mass is 10.2. The third kappa shape index (κ3) is 4.34. The highest BCUT2D eigenvalue weighted by Gasteiger charge is 2.05. The minimum atomic E-state index is -0.104. The summed E-state index contributed by atoms with van der Waals surface area (Å²) < 4.78 is 0. The number of halogens is 4. The fraction of sp³-hybridized carbons (Fsp3) is 0.286. The number of aromatic nitrogens is 1. The quantitative estimate of drug-likeness (QED) is 0.790. The van der Waals surface area contributed by atoms with Crippen LogP contribution in [-0.4, -0.2) is 4.98 Å². The molecule has 0 aliphatic carbocycles. The molecule has 1 heterocycles. The Morgan fingerprint density at radius 2 is 1.92 bits per heavy atom. The van der Waals surface area contributed by atoms with E-state index in [1.807, 2.05) is 6.92 Å². The summed E-state index contributed by atoms with van der Waals surface area (Å²) in [7, 11) is 0. The molecule has 0 radical (unpaired) electrons. The lowest BCUT2D eigenvalue weighted by Crippen LogP contribution is -2.05. The normalized spacial score (nSPS) is 11.1. The first kappa shape index (κ1) is 15.7. The SMILES string of the molecule is CC(N)c1cnc(Cl)cc1Cl.Cl.Cl. The first-order valence-electron chi connectivity index (χ1n) is 3.18. The predicted molar refractivity (Wildman–Crippen MR) is 61.4 cm³/mol. The molecule has 0 saturated heterocycles. The van der Waals surface area contributed by atoms with Crippen molar-refractivity contribution in [1.82, 2.24) is 4.98 Å². The molecule has 2 nitrogen and oxygen atoms in total. The van der Waals surface area contributed by atoms with Crippen molar-refractivity contribution in [1.29, 1.82) is 0 Å². The molecule has 1 aromatic heterocycles. The van der Waals surface area contributed by atoms with Crippen molar-refractivity contribution in [2.45, 2.75) is 13.0 Å². The Labute approximate surface area is 99.6 Å². The van der Waals surface area contributed by atoms with Gasteiger partial charge in [0.05, 0.1) is 0 Å². The fourth-order valence-corrected chi connectivity index (χ4v) is 1.29. The molecule has 1 atom stereocenters. The molecule has 0 spiro atoms. The van der Waals surface area contributed by atoms with Gasteiger partial charge in [-0.3, -0.25) is 0 Å². The lowest BCUT2D eigenvalue weighted by Gasteiger charge is -2.06. The van der Waals surface area contributed by atoms with Crippen molar-refractivity contribution in [3.8, 4) is 0 Å². The van der Waals surface area contributed by atoms with Gasteiger partial charge in [-0.1, -0.05) is 23.2 Å². The van der Waals surface area contributed by atoms with E-state index >= 15 is 0 Å². The van der Waals surface area contributed by atoms with Gasteiger partial charge in [0.25, 0.3) is 0 Å². The number of rotatable bonds is 1. The molecular formula is C7H10Cl4N2. The summed E-state index contributed by atoms with van der Waals surface area (Å²) in [5.74, 6) is 0. The van der Waals surface area contributed by atoms with E-state index < -0.39 is 0 Å². The second kappa shape index (κ2) is 6.68. The van der Waals surface area contributed by atoms with Gasteiger partial charge < -0.3 is 5.73 Å². The maximum Gasteiger partial charge on any atom is 0.130 e. The van der Waals surface area contributed by atoms with Crippen molar-refractivity contribution in [3.63, 3.8) is 0 Å². The second-order valence-corrected chi connectivity index (χ2v) is 3.11. The molecule has 1 aromatic rings. The fourth-order valence-electron chi connectivity index (χ4n) is 0.753. The van der Waals surface area contributed by atoms with Crippen LogP contribution >= 0.6 is 48.0 Å². The summed E-state index contributed by atoms with van der Waals surface area (Å²) >= 11 is 11.4. The van der Waals surface area contributed by atoms with E-state index in [0.717, 1.165) is 5.56 Å². The Kier molecular flexibility index (Phi) is 8.09. The van der Waals surface area contributed by atoms with Crippen molar-refractivity contribution in [3.05, 3.63) is 28.0 Å². The Hall–Kier alpha value is 0.270. The smallest absolute Gasteiger partial charge is 0.130 e. The van der Waals surface area contributed by atoms with E-state index in [2.05, 4.69) is 4.98 Å². The molecule has 1 unspecified atom stereocenters. The van der Waals surface area contributed by atoms with Crippen LogP contribution in [-0.2, 0) is 0 Å². The summed E-state index contributed by atoms with van der Waals surface area (Å²) in [5.41, 5.74) is 6.41. The summed E-state index contributed by atoms with van der Waals surface area (Å²) in [6.45, 7) is 1.84. The summed E-state index contributed by atoms with van der Waals surface area (Å²) in [6.07, 6.45) is 1.59. The monoisotopic (exact) mass is 262 g/mol. The Balaban J connectivity index is 0. The first-order chi connectivity index (χ1) is 5.11. The van der Waals surface area contributed by atoms with Crippen LogP contribution in [0.1, 0.15) is 18.5 Å². The van der Waals surface area contributed by atoms with Gasteiger partial charge in [0.1, 0.15) is 5.15 Å². The number of nitrogens with two attached hydrogens (primary N) is 1. The average molecular weight is 264 g/mol. The molecule has 0 aliphatic heterocycles. The minimum Gasteiger partial charge on any atom is -0.324 e. The number of nitrogens with zero attached hydrogens (tertiary/aromatic N) is 1. The van der Waals surface area contributed by atoms with E-state index in [9.17, 15) is 0 Å². The van der Waals surface area contributed by atoms with Crippen molar-refractivity contribution < 1.29 is 0 Å². The molecule has 0 bridgehead atoms. The van der Waals surface area contributed by atoms with Gasteiger partial charge >= 0.3 is 0 Å². The molecule has 13 heavy (non-hydrogen) atoms. The maximum atomic E-state index is 5.82. The molecule has 2 N–H and O–H groups in total. The Morgan fingerprint density at radius 3 is 2.31 bits per heavy atom. The predicted octanol–water partition coefficient (Wildman–Crippen LogP) is 3.25. The van der Waals surface area contributed by atoms with Crippen molar-refractivity contribution in [2.24, 2.45) is 5.73 Å². The van der Waals surface area contributed by atoms with Crippen LogP contribution in [0.4, 0.5) is 0 Å². The topological polar surface area (TPSA) is 38.9 Å². The van der Waals surface area contributed by atoms with Gasteiger partial charge in [-0.2, -0.15) is 0 Å². The molecule has 0 fully saturated rings. The zero-order chi connectivity index (χ0) is 8.43. The summed E-state index contributed by atoms with van der Waals surface area (Å²) in [6, 6.07) is 1.48. The molecule has 0 aliphatic rings. The molecule has 0 amide bonds. The zero-order valence-corrected chi connectivity index (χ0v) is 9.97. The molecule has 0 saturated carbocycles. The largest absolute Gasteiger partial charge is 0.324 e. The molecular weight excluding hydrogens is 254 g/mol. The third-order valence-corrected chi connectivity index (χ3v) is 1.87. The van der Waals surface area contributed by atoms with Crippen LogP contribution in [0.25, 0.3) is 0 Å². The van der Waals surface area contributed by atoms with Crippen molar-refractivity contribution >= 4 is 48.0 Å². The van der Waals surface area contributed by atoms with Crippen LogP contribution in [0.2, 0.25) is 10.2 Å². The Morgan fingerprint density at radius 1 is 1.38 bits per heavy atom. The highest BCUT2D eigenvalue weighted by atomic mass is 35.5. The molecule has 0 aromatic carbocycles. The first-order valence-corrected chi connectivity index (χ1v) is 3.93. The molecule has 6 heteroatoms. The van der Waals surface area contributed by atoms with Crippen LogP contribution in [0.3, 0.4) is 0 Å². The van der Waals surface area contributed by atoms with Gasteiger partial charge in [-0.25, -0.2) is 4.98 Å². The van der Waals surface area contributed by atoms with Gasteiger partial charge in [-0.05, 0) is 13.0 Å². The van der Waals surface area contributed by atoms with Crippen LogP contribution < -0.4 is 5.73 Å². The minimum absolute atomic E-state index is 0. The summed E-state index contributed by atoms with van der Waals surface area (Å²) in [4.78, 5) is 3.86. The van der Waals surface area contributed by atoms with E-state index in [-0.39, 0.29) is 30.9 Å². The Bertz CT molecular complexity index is 265. The maximum absolute atomic E-state index is 5.82. The van der Waals surface area contributed by atoms with Crippen LogP contribution in [0, 0.1) is 0 Å². The number of hydrogen-bond acceptors (Lipinski definition) is 2. The van der Waals surface area contributed by atoms with Crippen LogP contribution in [0.5, 0.6) is 0 Å². The van der Waals surface area contributed by atoms with Gasteiger partial charge in [0.15, 0.2) is 0 Å². The highest BCUT2D eigenvalue weighted by molar-refractivity contribution is 6.34.